The fraction of sp³-hybridized carbons (Fsp3) is 0.500. The summed E-state index contributed by atoms with van der Waals surface area (Å²) in [4.78, 5) is 14.9. The zero-order chi connectivity index (χ0) is 25.0. The van der Waals surface area contributed by atoms with Crippen molar-refractivity contribution in [3.05, 3.63) is 53.6 Å². The summed E-state index contributed by atoms with van der Waals surface area (Å²) in [6.45, 7) is 10.6. The molecule has 0 aromatic heterocycles. The van der Waals surface area contributed by atoms with Crippen LogP contribution >= 0.6 is 0 Å². The van der Waals surface area contributed by atoms with E-state index in [1.165, 1.54) is 12.8 Å². The topological polar surface area (TPSA) is 48.0 Å². The standard InChI is InChI=1S/C30H41NO4/c1-5-6-17-34-18-19-35-28-13-10-24(11-14-28)25-12-15-29-27(20-25)21-26(30(32)33-4)9-7-8-16-31(29)22-23(2)3/h10-15,20-21,23H,5-9,16-19,22H2,1-4H3. The summed E-state index contributed by atoms with van der Waals surface area (Å²) in [6, 6.07) is 14.7. The van der Waals surface area contributed by atoms with Gasteiger partial charge in [0.25, 0.3) is 0 Å². The molecule has 0 aliphatic carbocycles. The number of carbonyl (C=O) groups is 1. The first-order valence-electron chi connectivity index (χ1n) is 13.0. The van der Waals surface area contributed by atoms with Crippen LogP contribution in [0.4, 0.5) is 5.69 Å². The van der Waals surface area contributed by atoms with Crippen molar-refractivity contribution in [3.8, 4) is 16.9 Å². The Bertz CT molecular complexity index is 965. The van der Waals surface area contributed by atoms with E-state index in [1.807, 2.05) is 18.2 Å². The molecular weight excluding hydrogens is 438 g/mol. The zero-order valence-electron chi connectivity index (χ0n) is 21.8. The molecule has 1 aliphatic rings. The van der Waals surface area contributed by atoms with Crippen molar-refractivity contribution in [2.75, 3.05) is 44.9 Å². The van der Waals surface area contributed by atoms with E-state index >= 15 is 0 Å². The first-order chi connectivity index (χ1) is 17.0. The van der Waals surface area contributed by atoms with Gasteiger partial charge >= 0.3 is 5.97 Å². The molecule has 2 aromatic carbocycles. The normalized spacial score (nSPS) is 14.0. The maximum Gasteiger partial charge on any atom is 0.333 e. The van der Waals surface area contributed by atoms with Crippen molar-refractivity contribution < 1.29 is 19.0 Å². The van der Waals surface area contributed by atoms with Gasteiger partial charge in [0, 0.05) is 31.0 Å². The summed E-state index contributed by atoms with van der Waals surface area (Å²) in [5.41, 5.74) is 5.20. The number of methoxy groups -OCH3 is 1. The molecule has 1 aliphatic heterocycles. The van der Waals surface area contributed by atoms with E-state index in [0.29, 0.717) is 19.1 Å². The van der Waals surface area contributed by atoms with Crippen molar-refractivity contribution in [2.24, 2.45) is 5.92 Å². The third-order valence-electron chi connectivity index (χ3n) is 6.18. The Balaban J connectivity index is 1.82. The molecular formula is C30H41NO4. The molecule has 5 heteroatoms. The molecule has 0 bridgehead atoms. The van der Waals surface area contributed by atoms with E-state index in [-0.39, 0.29) is 5.97 Å². The van der Waals surface area contributed by atoms with Gasteiger partial charge in [-0.3, -0.25) is 0 Å². The fourth-order valence-corrected chi connectivity index (χ4v) is 4.37. The highest BCUT2D eigenvalue weighted by atomic mass is 16.5. The third-order valence-corrected chi connectivity index (χ3v) is 6.18. The number of hydrogen-bond acceptors (Lipinski definition) is 5. The van der Waals surface area contributed by atoms with Crippen LogP contribution < -0.4 is 9.64 Å². The van der Waals surface area contributed by atoms with Crippen molar-refractivity contribution >= 4 is 17.7 Å². The molecule has 0 N–H and O–H groups in total. The Morgan fingerprint density at radius 3 is 2.49 bits per heavy atom. The average Bonchev–Trinajstić information content (AvgIpc) is 2.94. The molecule has 2 aromatic rings. The van der Waals surface area contributed by atoms with E-state index < -0.39 is 0 Å². The van der Waals surface area contributed by atoms with Crippen molar-refractivity contribution in [3.63, 3.8) is 0 Å². The number of anilines is 1. The number of hydrogen-bond donors (Lipinski definition) is 0. The van der Waals surface area contributed by atoms with Crippen LogP contribution in [0.2, 0.25) is 0 Å². The first kappa shape index (κ1) is 26.8. The van der Waals surface area contributed by atoms with E-state index in [1.54, 1.807) is 0 Å². The Morgan fingerprint density at radius 1 is 1.00 bits per heavy atom. The zero-order valence-corrected chi connectivity index (χ0v) is 21.8. The monoisotopic (exact) mass is 479 g/mol. The maximum absolute atomic E-state index is 12.4. The molecule has 1 heterocycles. The Hall–Kier alpha value is -2.79. The molecule has 0 saturated carbocycles. The number of rotatable bonds is 11. The van der Waals surface area contributed by atoms with Crippen LogP contribution in [-0.4, -0.2) is 46.0 Å². The fourth-order valence-electron chi connectivity index (χ4n) is 4.37. The Morgan fingerprint density at radius 2 is 1.77 bits per heavy atom. The average molecular weight is 480 g/mol. The number of fused-ring (bicyclic) bond motifs is 1. The second-order valence-electron chi connectivity index (χ2n) is 9.57. The molecule has 0 fully saturated rings. The highest BCUT2D eigenvalue weighted by Gasteiger charge is 2.18. The van der Waals surface area contributed by atoms with Crippen molar-refractivity contribution in [2.45, 2.75) is 52.9 Å². The van der Waals surface area contributed by atoms with Crippen LogP contribution in [0.1, 0.15) is 58.4 Å². The second-order valence-corrected chi connectivity index (χ2v) is 9.57. The quantitative estimate of drug-likeness (QED) is 0.263. The molecule has 0 atom stereocenters. The highest BCUT2D eigenvalue weighted by molar-refractivity contribution is 5.95. The molecule has 0 unspecified atom stereocenters. The number of carbonyl (C=O) groups excluding carboxylic acids is 1. The largest absolute Gasteiger partial charge is 0.491 e. The second kappa shape index (κ2) is 13.9. The van der Waals surface area contributed by atoms with Gasteiger partial charge in [-0.2, -0.15) is 0 Å². The molecule has 0 amide bonds. The van der Waals surface area contributed by atoms with E-state index in [4.69, 9.17) is 14.2 Å². The summed E-state index contributed by atoms with van der Waals surface area (Å²) < 4.78 is 16.5. The number of nitrogens with zero attached hydrogens (tertiary/aromatic N) is 1. The molecule has 0 radical (unpaired) electrons. The van der Waals surface area contributed by atoms with Crippen LogP contribution in [-0.2, 0) is 14.3 Å². The Labute approximate surface area is 211 Å². The van der Waals surface area contributed by atoms with Crippen LogP contribution in [0.15, 0.2) is 48.0 Å². The van der Waals surface area contributed by atoms with Gasteiger partial charge < -0.3 is 19.1 Å². The maximum atomic E-state index is 12.4. The minimum absolute atomic E-state index is 0.237. The summed E-state index contributed by atoms with van der Waals surface area (Å²) in [5.74, 6) is 1.15. The predicted molar refractivity (Wildman–Crippen MR) is 144 cm³/mol. The van der Waals surface area contributed by atoms with Gasteiger partial charge in [0.05, 0.1) is 13.7 Å². The van der Waals surface area contributed by atoms with Gasteiger partial charge in [0.1, 0.15) is 12.4 Å². The molecule has 35 heavy (non-hydrogen) atoms. The lowest BCUT2D eigenvalue weighted by atomic mass is 9.99. The minimum Gasteiger partial charge on any atom is -0.491 e. The van der Waals surface area contributed by atoms with Crippen LogP contribution in [0.3, 0.4) is 0 Å². The summed E-state index contributed by atoms with van der Waals surface area (Å²) in [7, 11) is 1.46. The summed E-state index contributed by atoms with van der Waals surface area (Å²) >= 11 is 0. The molecule has 0 spiro atoms. The Kier molecular flexibility index (Phi) is 10.7. The lowest BCUT2D eigenvalue weighted by molar-refractivity contribution is -0.136. The van der Waals surface area contributed by atoms with Crippen LogP contribution in [0, 0.1) is 5.92 Å². The predicted octanol–water partition coefficient (Wildman–Crippen LogP) is 6.75. The summed E-state index contributed by atoms with van der Waals surface area (Å²) in [5, 5.41) is 0. The highest BCUT2D eigenvalue weighted by Crippen LogP contribution is 2.33. The van der Waals surface area contributed by atoms with E-state index in [2.05, 4.69) is 56.0 Å². The van der Waals surface area contributed by atoms with Crippen LogP contribution in [0.5, 0.6) is 5.75 Å². The molecule has 0 saturated heterocycles. The molecule has 190 valence electrons. The van der Waals surface area contributed by atoms with Gasteiger partial charge in [-0.05, 0) is 78.6 Å². The molecule has 5 nitrogen and oxygen atoms in total. The van der Waals surface area contributed by atoms with Gasteiger partial charge in [0.15, 0.2) is 0 Å². The number of unbranched alkanes of at least 4 members (excludes halogenated alkanes) is 1. The van der Waals surface area contributed by atoms with Gasteiger partial charge in [0.2, 0.25) is 0 Å². The van der Waals surface area contributed by atoms with Crippen LogP contribution in [0.25, 0.3) is 17.2 Å². The number of esters is 1. The van der Waals surface area contributed by atoms with Gasteiger partial charge in [-0.25, -0.2) is 4.79 Å². The SMILES string of the molecule is CCCCOCCOc1ccc(-c2ccc3c(c2)C=C(C(=O)OC)CCCCN3CC(C)C)cc1. The molecule has 3 rings (SSSR count). The first-order valence-corrected chi connectivity index (χ1v) is 13.0. The lowest BCUT2D eigenvalue weighted by Gasteiger charge is -2.28. The van der Waals surface area contributed by atoms with Crippen molar-refractivity contribution in [1.82, 2.24) is 0 Å². The minimum atomic E-state index is -0.237. The van der Waals surface area contributed by atoms with Gasteiger partial charge in [-0.15, -0.1) is 0 Å². The smallest absolute Gasteiger partial charge is 0.333 e. The lowest BCUT2D eigenvalue weighted by Crippen LogP contribution is -2.29. The van der Waals surface area contributed by atoms with Gasteiger partial charge in [-0.1, -0.05) is 45.4 Å². The number of ether oxygens (including phenoxy) is 3. The van der Waals surface area contributed by atoms with E-state index in [9.17, 15) is 4.79 Å². The van der Waals surface area contributed by atoms with Crippen molar-refractivity contribution in [1.29, 1.82) is 0 Å². The third kappa shape index (κ3) is 8.14. The number of benzene rings is 2. The summed E-state index contributed by atoms with van der Waals surface area (Å²) in [6.07, 6.45) is 7.01. The van der Waals surface area contributed by atoms with E-state index in [0.717, 1.165) is 79.8 Å².